The first-order valence-electron chi connectivity index (χ1n) is 14.1. The lowest BCUT2D eigenvalue weighted by Gasteiger charge is -2.11. The van der Waals surface area contributed by atoms with Crippen molar-refractivity contribution in [2.75, 3.05) is 18.4 Å². The summed E-state index contributed by atoms with van der Waals surface area (Å²) in [5.74, 6) is -5.33. The van der Waals surface area contributed by atoms with Crippen molar-refractivity contribution in [2.45, 2.75) is 29.9 Å². The fourth-order valence-electron chi connectivity index (χ4n) is 4.23. The van der Waals surface area contributed by atoms with Gasteiger partial charge >= 0.3 is 12.0 Å². The summed E-state index contributed by atoms with van der Waals surface area (Å²) in [7, 11) is -7.53. The minimum atomic E-state index is -4.40. The number of hydrogen-bond acceptors (Lipinski definition) is 13. The number of sulfonamides is 1. The highest BCUT2D eigenvalue weighted by Gasteiger charge is 2.28. The highest BCUT2D eigenvalue weighted by atomic mass is 35.5. The monoisotopic (exact) mass is 771 g/mol. The Morgan fingerprint density at radius 1 is 0.922 bits per heavy atom. The first-order chi connectivity index (χ1) is 24.1. The number of anilines is 1. The van der Waals surface area contributed by atoms with Gasteiger partial charge in [0.25, 0.3) is 20.3 Å². The molecule has 6 rings (SSSR count). The number of para-hydroxylation sites is 1. The number of esters is 1. The van der Waals surface area contributed by atoms with Gasteiger partial charge in [-0.1, -0.05) is 23.7 Å². The third-order valence-electron chi connectivity index (χ3n) is 6.56. The molecule has 4 aromatic heterocycles. The highest BCUT2D eigenvalue weighted by Crippen LogP contribution is 2.29. The van der Waals surface area contributed by atoms with Gasteiger partial charge < -0.3 is 9.47 Å². The molecule has 268 valence electrons. The van der Waals surface area contributed by atoms with Crippen LogP contribution in [0, 0.1) is 30.3 Å². The van der Waals surface area contributed by atoms with Crippen LogP contribution in [0.25, 0.3) is 11.3 Å². The van der Waals surface area contributed by atoms with Crippen LogP contribution in [0.15, 0.2) is 59.0 Å². The van der Waals surface area contributed by atoms with E-state index in [2.05, 4.69) is 39.6 Å². The molecule has 0 unspecified atom stereocenters. The summed E-state index contributed by atoms with van der Waals surface area (Å²) in [4.78, 5) is 26.5. The normalized spacial score (nSPS) is 11.7. The Morgan fingerprint density at radius 2 is 1.59 bits per heavy atom. The number of nitrogens with one attached hydrogen (secondary N) is 1. The lowest BCUT2D eigenvalue weighted by atomic mass is 10.2. The van der Waals surface area contributed by atoms with E-state index in [0.717, 1.165) is 46.6 Å². The molecule has 51 heavy (non-hydrogen) atoms. The topological polar surface area (TPSA) is 202 Å². The molecule has 6 aromatic rings. The number of carbonyl (C=O) groups is 1. The lowest BCUT2D eigenvalue weighted by Crippen LogP contribution is -2.18. The van der Waals surface area contributed by atoms with E-state index in [-0.39, 0.29) is 46.0 Å². The number of halogens is 5. The zero-order valence-electron chi connectivity index (χ0n) is 26.2. The van der Waals surface area contributed by atoms with Crippen LogP contribution in [0.5, 0.6) is 6.01 Å². The van der Waals surface area contributed by atoms with Crippen molar-refractivity contribution < 1.29 is 48.7 Å². The molecule has 2 aromatic carbocycles. The third kappa shape index (κ3) is 7.66. The maximum absolute atomic E-state index is 13.6. The number of rotatable bonds is 9. The molecular formula is C28H22ClF4N9O7S2. The van der Waals surface area contributed by atoms with Crippen LogP contribution >= 0.6 is 11.6 Å². The van der Waals surface area contributed by atoms with E-state index in [0.29, 0.717) is 0 Å². The summed E-state index contributed by atoms with van der Waals surface area (Å²) in [6, 6.07) is 7.81. The first-order valence-corrected chi connectivity index (χ1v) is 17.6. The van der Waals surface area contributed by atoms with Crippen LogP contribution in [-0.2, 0) is 30.4 Å². The van der Waals surface area contributed by atoms with Crippen molar-refractivity contribution in [1.82, 2.24) is 39.2 Å². The highest BCUT2D eigenvalue weighted by molar-refractivity contribution is 7.92. The molecule has 0 saturated carbocycles. The number of sulfone groups is 1. The van der Waals surface area contributed by atoms with Gasteiger partial charge in [0.2, 0.25) is 15.8 Å². The summed E-state index contributed by atoms with van der Waals surface area (Å²) in [5, 5.41) is 6.01. The van der Waals surface area contributed by atoms with E-state index >= 15 is 0 Å². The fourth-order valence-corrected chi connectivity index (χ4v) is 6.71. The standard InChI is InChI=1S/C15H13ClFN5O5S.C13H9F3N4O2S/c1-3-27-15-18-10(17)7-11-19-14(20-22(11)15)28(24,25)21-12-8(13(23)26-2)5-4-6-9(12)16;1-7-17-5-11(16)12-18-13(19-20(7)12)23(21,22)6-8-9(14)3-2-4-10(8)15/h4-7,21H,3H2,1-2H3;2-5H,6H2,1H3. The minimum absolute atomic E-state index is 0.0436. The molecule has 0 aliphatic heterocycles. The molecule has 23 heteroatoms. The van der Waals surface area contributed by atoms with E-state index in [9.17, 15) is 39.2 Å². The van der Waals surface area contributed by atoms with Crippen molar-refractivity contribution >= 4 is 54.4 Å². The van der Waals surface area contributed by atoms with Gasteiger partial charge in [0.1, 0.15) is 17.5 Å². The molecule has 0 radical (unpaired) electrons. The predicted octanol–water partition coefficient (Wildman–Crippen LogP) is 3.73. The Bertz CT molecular complexity index is 2480. The zero-order valence-corrected chi connectivity index (χ0v) is 28.6. The van der Waals surface area contributed by atoms with E-state index in [1.165, 1.54) is 25.1 Å². The van der Waals surface area contributed by atoms with Crippen LogP contribution in [0.1, 0.15) is 28.7 Å². The Kier molecular flexibility index (Phi) is 10.4. The molecule has 0 saturated heterocycles. The minimum Gasteiger partial charge on any atom is -0.465 e. The van der Waals surface area contributed by atoms with Gasteiger partial charge in [0.05, 0.1) is 41.9 Å². The molecule has 4 heterocycles. The van der Waals surface area contributed by atoms with Gasteiger partial charge in [-0.2, -0.15) is 36.8 Å². The number of hydrogen-bond donors (Lipinski definition) is 1. The quantitative estimate of drug-likeness (QED) is 0.127. The van der Waals surface area contributed by atoms with Gasteiger partial charge in [0, 0.05) is 11.6 Å². The molecule has 16 nitrogen and oxygen atoms in total. The second kappa shape index (κ2) is 14.4. The largest absolute Gasteiger partial charge is 0.465 e. The number of aromatic nitrogens is 8. The van der Waals surface area contributed by atoms with Crippen molar-refractivity contribution in [2.24, 2.45) is 0 Å². The first kappa shape index (κ1) is 36.8. The average molecular weight is 772 g/mol. The maximum atomic E-state index is 13.6. The van der Waals surface area contributed by atoms with E-state index in [1.54, 1.807) is 6.92 Å². The van der Waals surface area contributed by atoms with Crippen LogP contribution in [0.3, 0.4) is 0 Å². The number of methoxy groups -OCH3 is 1. The third-order valence-corrected chi connectivity index (χ3v) is 9.40. The Hall–Kier alpha value is -5.48. The summed E-state index contributed by atoms with van der Waals surface area (Å²) in [6.45, 7) is 3.27. The van der Waals surface area contributed by atoms with Crippen molar-refractivity contribution in [1.29, 1.82) is 0 Å². The number of fused-ring (bicyclic) bond motifs is 2. The molecule has 0 aliphatic carbocycles. The molecule has 0 aliphatic rings. The fraction of sp³-hybridized carbons (Fsp3) is 0.179. The van der Waals surface area contributed by atoms with Gasteiger partial charge in [0.15, 0.2) is 17.1 Å². The van der Waals surface area contributed by atoms with Crippen molar-refractivity contribution in [3.8, 4) is 6.01 Å². The average Bonchev–Trinajstić information content (AvgIpc) is 3.73. The van der Waals surface area contributed by atoms with E-state index in [1.807, 2.05) is 0 Å². The van der Waals surface area contributed by atoms with Crippen LogP contribution < -0.4 is 9.46 Å². The zero-order chi connectivity index (χ0) is 37.2. The number of ether oxygens (including phenoxy) is 2. The van der Waals surface area contributed by atoms with Gasteiger partial charge in [-0.3, -0.25) is 4.72 Å². The van der Waals surface area contributed by atoms with E-state index < -0.39 is 70.9 Å². The summed E-state index contributed by atoms with van der Waals surface area (Å²) in [5.41, 5.74) is -1.40. The second-order valence-corrected chi connectivity index (χ2v) is 13.8. The van der Waals surface area contributed by atoms with Crippen molar-refractivity contribution in [3.05, 3.63) is 94.0 Å². The Morgan fingerprint density at radius 3 is 2.24 bits per heavy atom. The van der Waals surface area contributed by atoms with Crippen molar-refractivity contribution in [3.63, 3.8) is 0 Å². The molecule has 0 atom stereocenters. The summed E-state index contributed by atoms with van der Waals surface area (Å²) in [6.07, 6.45) is 0.881. The molecule has 0 amide bonds. The number of carbonyl (C=O) groups excluding carboxylic acids is 1. The summed E-state index contributed by atoms with van der Waals surface area (Å²) < 4.78 is 118. The smallest absolute Gasteiger partial charge is 0.340 e. The van der Waals surface area contributed by atoms with E-state index in [4.69, 9.17) is 16.3 Å². The molecular weight excluding hydrogens is 750 g/mol. The lowest BCUT2D eigenvalue weighted by molar-refractivity contribution is 0.0602. The van der Waals surface area contributed by atoms with Crippen LogP contribution in [0.2, 0.25) is 5.02 Å². The van der Waals surface area contributed by atoms with Crippen LogP contribution in [0.4, 0.5) is 23.2 Å². The Labute approximate surface area is 290 Å². The number of benzene rings is 2. The maximum Gasteiger partial charge on any atom is 0.340 e. The molecule has 0 bridgehead atoms. The SMILES string of the molecule is CCOc1nc(F)cc2nc(S(=O)(=O)Nc3c(Cl)cccc3C(=O)OC)nn12.Cc1ncc(F)c2nc(S(=O)(=O)Cc3c(F)cccc3F)nn12. The van der Waals surface area contributed by atoms with Gasteiger partial charge in [-0.05, 0) is 38.1 Å². The van der Waals surface area contributed by atoms with Crippen LogP contribution in [-0.4, -0.2) is 75.7 Å². The van der Waals surface area contributed by atoms with Gasteiger partial charge in [-0.15, -0.1) is 10.2 Å². The number of nitrogens with zero attached hydrogens (tertiary/aromatic N) is 8. The molecule has 1 N–H and O–H groups in total. The summed E-state index contributed by atoms with van der Waals surface area (Å²) >= 11 is 6.03. The Balaban J connectivity index is 0.000000201. The van der Waals surface area contributed by atoms with Gasteiger partial charge in [-0.25, -0.2) is 31.4 Å². The molecule has 0 spiro atoms. The number of aryl methyl sites for hydroxylation is 1. The predicted molar refractivity (Wildman–Crippen MR) is 168 cm³/mol. The second-order valence-electron chi connectivity index (χ2n) is 9.96. The molecule has 0 fully saturated rings.